The molecular formula is C16H25FN2. The molecule has 3 unspecified atom stereocenters. The maximum absolute atomic E-state index is 13.0. The molecule has 0 saturated carbocycles. The van der Waals surface area contributed by atoms with Crippen molar-refractivity contribution in [3.8, 4) is 0 Å². The van der Waals surface area contributed by atoms with Gasteiger partial charge in [0.05, 0.1) is 0 Å². The molecular weight excluding hydrogens is 239 g/mol. The average molecular weight is 264 g/mol. The standard InChI is InChI=1S/C16H25FN2/c1-11(2)16-9-18-12(3)10-19(16)13(4)14-5-7-15(17)8-6-14/h5-8,11-13,16,18H,9-10H2,1-4H3. The lowest BCUT2D eigenvalue weighted by atomic mass is 9.95. The quantitative estimate of drug-likeness (QED) is 0.902. The van der Waals surface area contributed by atoms with Gasteiger partial charge in [0.2, 0.25) is 0 Å². The van der Waals surface area contributed by atoms with Gasteiger partial charge in [0.15, 0.2) is 0 Å². The van der Waals surface area contributed by atoms with Crippen molar-refractivity contribution in [3.05, 3.63) is 35.6 Å². The molecule has 0 aliphatic carbocycles. The van der Waals surface area contributed by atoms with Gasteiger partial charge in [0.1, 0.15) is 5.82 Å². The van der Waals surface area contributed by atoms with Crippen LogP contribution in [0.2, 0.25) is 0 Å². The molecule has 3 atom stereocenters. The number of piperazine rings is 1. The van der Waals surface area contributed by atoms with Crippen LogP contribution in [0.1, 0.15) is 39.3 Å². The van der Waals surface area contributed by atoms with Gasteiger partial charge in [-0.2, -0.15) is 0 Å². The van der Waals surface area contributed by atoms with Gasteiger partial charge in [0, 0.05) is 31.2 Å². The molecule has 1 aliphatic heterocycles. The smallest absolute Gasteiger partial charge is 0.123 e. The van der Waals surface area contributed by atoms with Crippen LogP contribution in [0.25, 0.3) is 0 Å². The summed E-state index contributed by atoms with van der Waals surface area (Å²) in [6.07, 6.45) is 0. The van der Waals surface area contributed by atoms with Crippen LogP contribution in [0.4, 0.5) is 4.39 Å². The van der Waals surface area contributed by atoms with E-state index in [4.69, 9.17) is 0 Å². The molecule has 1 aliphatic rings. The SMILES string of the molecule is CC1CN(C(C)c2ccc(F)cc2)C(C(C)C)CN1. The minimum atomic E-state index is -0.162. The van der Waals surface area contributed by atoms with E-state index in [0.717, 1.165) is 13.1 Å². The zero-order valence-electron chi connectivity index (χ0n) is 12.4. The molecule has 0 bridgehead atoms. The lowest BCUT2D eigenvalue weighted by molar-refractivity contribution is 0.0657. The first-order valence-electron chi connectivity index (χ1n) is 7.23. The fourth-order valence-electron chi connectivity index (χ4n) is 2.95. The Balaban J connectivity index is 2.18. The van der Waals surface area contributed by atoms with Gasteiger partial charge in [-0.05, 0) is 37.5 Å². The van der Waals surface area contributed by atoms with Crippen LogP contribution >= 0.6 is 0 Å². The number of benzene rings is 1. The summed E-state index contributed by atoms with van der Waals surface area (Å²) in [7, 11) is 0. The third-order valence-corrected chi connectivity index (χ3v) is 4.21. The highest BCUT2D eigenvalue weighted by atomic mass is 19.1. The van der Waals surface area contributed by atoms with Gasteiger partial charge in [-0.3, -0.25) is 4.90 Å². The molecule has 1 heterocycles. The zero-order valence-corrected chi connectivity index (χ0v) is 12.4. The number of nitrogens with zero attached hydrogens (tertiary/aromatic N) is 1. The summed E-state index contributed by atoms with van der Waals surface area (Å²) in [4.78, 5) is 2.55. The highest BCUT2D eigenvalue weighted by Gasteiger charge is 2.31. The number of nitrogens with one attached hydrogen (secondary N) is 1. The van der Waals surface area contributed by atoms with Gasteiger partial charge >= 0.3 is 0 Å². The number of hydrogen-bond acceptors (Lipinski definition) is 2. The fraction of sp³-hybridized carbons (Fsp3) is 0.625. The Morgan fingerprint density at radius 1 is 1.21 bits per heavy atom. The molecule has 19 heavy (non-hydrogen) atoms. The number of hydrogen-bond donors (Lipinski definition) is 1. The van der Waals surface area contributed by atoms with Gasteiger partial charge in [-0.15, -0.1) is 0 Å². The van der Waals surface area contributed by atoms with Crippen LogP contribution < -0.4 is 5.32 Å². The predicted octanol–water partition coefficient (Wildman–Crippen LogP) is 3.21. The van der Waals surface area contributed by atoms with E-state index in [9.17, 15) is 4.39 Å². The molecule has 0 aromatic heterocycles. The maximum Gasteiger partial charge on any atom is 0.123 e. The van der Waals surface area contributed by atoms with Crippen molar-refractivity contribution >= 4 is 0 Å². The van der Waals surface area contributed by atoms with Crippen molar-refractivity contribution in [2.45, 2.75) is 45.8 Å². The van der Waals surface area contributed by atoms with Crippen molar-refractivity contribution < 1.29 is 4.39 Å². The summed E-state index contributed by atoms with van der Waals surface area (Å²) in [6, 6.07) is 8.31. The summed E-state index contributed by atoms with van der Waals surface area (Å²) in [6.45, 7) is 11.1. The summed E-state index contributed by atoms with van der Waals surface area (Å²) in [5.41, 5.74) is 1.20. The van der Waals surface area contributed by atoms with E-state index in [0.29, 0.717) is 24.0 Å². The molecule has 2 rings (SSSR count). The summed E-state index contributed by atoms with van der Waals surface area (Å²) in [5, 5.41) is 3.56. The Bertz CT molecular complexity index is 402. The molecule has 0 spiro atoms. The van der Waals surface area contributed by atoms with E-state index in [1.165, 1.54) is 5.56 Å². The second-order valence-corrected chi connectivity index (χ2v) is 6.04. The second-order valence-electron chi connectivity index (χ2n) is 6.04. The fourth-order valence-corrected chi connectivity index (χ4v) is 2.95. The Kier molecular flexibility index (Phi) is 4.58. The number of halogens is 1. The Morgan fingerprint density at radius 3 is 2.42 bits per heavy atom. The Morgan fingerprint density at radius 2 is 1.84 bits per heavy atom. The van der Waals surface area contributed by atoms with Crippen LogP contribution in [0.3, 0.4) is 0 Å². The normalized spacial score (nSPS) is 26.6. The minimum Gasteiger partial charge on any atom is -0.311 e. The van der Waals surface area contributed by atoms with Crippen molar-refractivity contribution in [2.75, 3.05) is 13.1 Å². The molecule has 0 radical (unpaired) electrons. The highest BCUT2D eigenvalue weighted by molar-refractivity contribution is 5.20. The zero-order chi connectivity index (χ0) is 14.0. The van der Waals surface area contributed by atoms with Crippen molar-refractivity contribution in [3.63, 3.8) is 0 Å². The lowest BCUT2D eigenvalue weighted by Gasteiger charge is -2.45. The largest absolute Gasteiger partial charge is 0.311 e. The lowest BCUT2D eigenvalue weighted by Crippen LogP contribution is -2.57. The van der Waals surface area contributed by atoms with Crippen molar-refractivity contribution in [2.24, 2.45) is 5.92 Å². The Labute approximate surface area is 116 Å². The molecule has 106 valence electrons. The van der Waals surface area contributed by atoms with Crippen molar-refractivity contribution in [1.29, 1.82) is 0 Å². The minimum absolute atomic E-state index is 0.162. The van der Waals surface area contributed by atoms with E-state index >= 15 is 0 Å². The first-order valence-corrected chi connectivity index (χ1v) is 7.23. The molecule has 3 heteroatoms. The predicted molar refractivity (Wildman–Crippen MR) is 77.6 cm³/mol. The van der Waals surface area contributed by atoms with Crippen LogP contribution in [0.15, 0.2) is 24.3 Å². The van der Waals surface area contributed by atoms with E-state index in [-0.39, 0.29) is 5.82 Å². The monoisotopic (exact) mass is 264 g/mol. The Hall–Kier alpha value is -0.930. The van der Waals surface area contributed by atoms with Crippen LogP contribution in [-0.2, 0) is 0 Å². The molecule has 1 aromatic carbocycles. The topological polar surface area (TPSA) is 15.3 Å². The molecule has 1 N–H and O–H groups in total. The van der Waals surface area contributed by atoms with E-state index in [2.05, 4.69) is 37.9 Å². The van der Waals surface area contributed by atoms with Gasteiger partial charge < -0.3 is 5.32 Å². The first kappa shape index (κ1) is 14.5. The van der Waals surface area contributed by atoms with Gasteiger partial charge in [-0.25, -0.2) is 4.39 Å². The summed E-state index contributed by atoms with van der Waals surface area (Å²) < 4.78 is 13.0. The second kappa shape index (κ2) is 6.02. The molecule has 0 amide bonds. The van der Waals surface area contributed by atoms with E-state index in [1.54, 1.807) is 12.1 Å². The third kappa shape index (κ3) is 3.34. The molecule has 1 fully saturated rings. The average Bonchev–Trinajstić information content (AvgIpc) is 2.38. The van der Waals surface area contributed by atoms with E-state index < -0.39 is 0 Å². The summed E-state index contributed by atoms with van der Waals surface area (Å²) in [5.74, 6) is 0.452. The molecule has 1 aromatic rings. The number of rotatable bonds is 3. The first-order chi connectivity index (χ1) is 8.99. The highest BCUT2D eigenvalue weighted by Crippen LogP contribution is 2.27. The molecule has 1 saturated heterocycles. The molecule has 2 nitrogen and oxygen atoms in total. The summed E-state index contributed by atoms with van der Waals surface area (Å²) >= 11 is 0. The van der Waals surface area contributed by atoms with Gasteiger partial charge in [-0.1, -0.05) is 26.0 Å². The maximum atomic E-state index is 13.0. The van der Waals surface area contributed by atoms with Crippen molar-refractivity contribution in [1.82, 2.24) is 10.2 Å². The van der Waals surface area contributed by atoms with Crippen LogP contribution in [-0.4, -0.2) is 30.1 Å². The van der Waals surface area contributed by atoms with Crippen LogP contribution in [0.5, 0.6) is 0 Å². The van der Waals surface area contributed by atoms with Gasteiger partial charge in [0.25, 0.3) is 0 Å². The third-order valence-electron chi connectivity index (χ3n) is 4.21. The van der Waals surface area contributed by atoms with Crippen LogP contribution in [0, 0.1) is 11.7 Å². The van der Waals surface area contributed by atoms with E-state index in [1.807, 2.05) is 12.1 Å².